The Hall–Kier alpha value is -3.08. The first-order chi connectivity index (χ1) is 13.6. The molecule has 0 atom stereocenters. The Labute approximate surface area is 166 Å². The first-order valence-electron chi connectivity index (χ1n) is 9.75. The highest BCUT2D eigenvalue weighted by Gasteiger charge is 2.13. The fourth-order valence-corrected chi connectivity index (χ4v) is 3.34. The Morgan fingerprint density at radius 2 is 1.93 bits per heavy atom. The lowest BCUT2D eigenvalue weighted by Crippen LogP contribution is -2.27. The number of nitrogens with zero attached hydrogens (tertiary/aromatic N) is 2. The Morgan fingerprint density at radius 1 is 1.14 bits per heavy atom. The average molecular weight is 377 g/mol. The summed E-state index contributed by atoms with van der Waals surface area (Å²) in [5.41, 5.74) is 5.03. The van der Waals surface area contributed by atoms with Gasteiger partial charge in [0, 0.05) is 49.7 Å². The van der Waals surface area contributed by atoms with E-state index in [1.807, 2.05) is 50.5 Å². The van der Waals surface area contributed by atoms with Crippen LogP contribution >= 0.6 is 0 Å². The van der Waals surface area contributed by atoms with Crippen LogP contribution in [-0.4, -0.2) is 28.5 Å². The van der Waals surface area contributed by atoms with Crippen LogP contribution in [0, 0.1) is 13.8 Å². The van der Waals surface area contributed by atoms with Crippen LogP contribution in [0.3, 0.4) is 0 Å². The number of carbonyl (C=O) groups is 1. The van der Waals surface area contributed by atoms with Gasteiger partial charge in [0.25, 0.3) is 5.91 Å². The van der Waals surface area contributed by atoms with E-state index >= 15 is 0 Å². The molecule has 0 aliphatic carbocycles. The van der Waals surface area contributed by atoms with Crippen molar-refractivity contribution < 1.29 is 4.79 Å². The molecule has 3 aromatic rings. The standard InChI is InChI=1S/C23H28N4O/c1-4-24-21-15-17(2)14-20(18(21)3)23(28)26-11-10-22-25-12-13-27(22)16-19-8-6-5-7-9-19/h5-9,12-15,24H,4,10-11,16H2,1-3H3,(H,26,28). The maximum Gasteiger partial charge on any atom is 0.251 e. The predicted octanol–water partition coefficient (Wildman–Crippen LogP) is 3.95. The highest BCUT2D eigenvalue weighted by Crippen LogP contribution is 2.21. The van der Waals surface area contributed by atoms with Crippen molar-refractivity contribution in [2.45, 2.75) is 33.7 Å². The highest BCUT2D eigenvalue weighted by molar-refractivity contribution is 5.97. The second kappa shape index (κ2) is 9.22. The lowest BCUT2D eigenvalue weighted by molar-refractivity contribution is 0.0953. The minimum Gasteiger partial charge on any atom is -0.385 e. The largest absolute Gasteiger partial charge is 0.385 e. The summed E-state index contributed by atoms with van der Waals surface area (Å²) < 4.78 is 2.13. The van der Waals surface area contributed by atoms with Crippen molar-refractivity contribution in [2.24, 2.45) is 0 Å². The quantitative estimate of drug-likeness (QED) is 0.626. The van der Waals surface area contributed by atoms with Crippen LogP contribution < -0.4 is 10.6 Å². The molecule has 5 nitrogen and oxygen atoms in total. The number of rotatable bonds is 8. The maximum atomic E-state index is 12.7. The van der Waals surface area contributed by atoms with E-state index in [1.165, 1.54) is 5.56 Å². The van der Waals surface area contributed by atoms with Gasteiger partial charge in [-0.2, -0.15) is 0 Å². The van der Waals surface area contributed by atoms with Crippen LogP contribution in [-0.2, 0) is 13.0 Å². The van der Waals surface area contributed by atoms with Gasteiger partial charge in [-0.1, -0.05) is 30.3 Å². The number of imidazole rings is 1. The third-order valence-corrected chi connectivity index (χ3v) is 4.80. The summed E-state index contributed by atoms with van der Waals surface area (Å²) >= 11 is 0. The van der Waals surface area contributed by atoms with E-state index in [-0.39, 0.29) is 5.91 Å². The number of anilines is 1. The molecule has 0 saturated heterocycles. The Balaban J connectivity index is 1.62. The normalized spacial score (nSPS) is 10.7. The second-order valence-electron chi connectivity index (χ2n) is 6.98. The van der Waals surface area contributed by atoms with Crippen LogP contribution in [0.2, 0.25) is 0 Å². The van der Waals surface area contributed by atoms with E-state index in [1.54, 1.807) is 0 Å². The van der Waals surface area contributed by atoms with E-state index in [4.69, 9.17) is 0 Å². The van der Waals surface area contributed by atoms with Gasteiger partial charge in [0.2, 0.25) is 0 Å². The van der Waals surface area contributed by atoms with E-state index in [2.05, 4.69) is 45.3 Å². The van der Waals surface area contributed by atoms with Crippen LogP contribution in [0.5, 0.6) is 0 Å². The summed E-state index contributed by atoms with van der Waals surface area (Å²) in [4.78, 5) is 17.2. The second-order valence-corrected chi connectivity index (χ2v) is 6.98. The van der Waals surface area contributed by atoms with Gasteiger partial charge in [0.1, 0.15) is 5.82 Å². The first-order valence-corrected chi connectivity index (χ1v) is 9.75. The van der Waals surface area contributed by atoms with Gasteiger partial charge in [-0.25, -0.2) is 4.98 Å². The molecule has 0 aliphatic rings. The summed E-state index contributed by atoms with van der Waals surface area (Å²) in [7, 11) is 0. The minimum atomic E-state index is -0.0403. The molecule has 2 N–H and O–H groups in total. The van der Waals surface area contributed by atoms with Crippen molar-refractivity contribution >= 4 is 11.6 Å². The van der Waals surface area contributed by atoms with E-state index in [9.17, 15) is 4.79 Å². The topological polar surface area (TPSA) is 59.0 Å². The van der Waals surface area contributed by atoms with Crippen LogP contribution in [0.4, 0.5) is 5.69 Å². The van der Waals surface area contributed by atoms with Crippen LogP contribution in [0.15, 0.2) is 54.9 Å². The van der Waals surface area contributed by atoms with Crippen molar-refractivity contribution in [3.63, 3.8) is 0 Å². The van der Waals surface area contributed by atoms with Gasteiger partial charge in [0.05, 0.1) is 0 Å². The first kappa shape index (κ1) is 19.7. The summed E-state index contributed by atoms with van der Waals surface area (Å²) in [6, 6.07) is 14.3. The van der Waals surface area contributed by atoms with Gasteiger partial charge in [-0.3, -0.25) is 4.79 Å². The number of nitrogens with one attached hydrogen (secondary N) is 2. The molecule has 1 amide bonds. The van der Waals surface area contributed by atoms with E-state index in [0.29, 0.717) is 13.0 Å². The Kier molecular flexibility index (Phi) is 6.48. The smallest absolute Gasteiger partial charge is 0.251 e. The monoisotopic (exact) mass is 376 g/mol. The van der Waals surface area contributed by atoms with Gasteiger partial charge in [0.15, 0.2) is 0 Å². The molecular weight excluding hydrogens is 348 g/mol. The van der Waals surface area contributed by atoms with Crippen molar-refractivity contribution in [1.29, 1.82) is 0 Å². The average Bonchev–Trinajstić information content (AvgIpc) is 3.12. The Bertz CT molecular complexity index is 931. The summed E-state index contributed by atoms with van der Waals surface area (Å²) in [5, 5.41) is 6.37. The van der Waals surface area contributed by atoms with Gasteiger partial charge < -0.3 is 15.2 Å². The van der Waals surface area contributed by atoms with Gasteiger partial charge in [-0.15, -0.1) is 0 Å². The predicted molar refractivity (Wildman–Crippen MR) is 114 cm³/mol. The maximum absolute atomic E-state index is 12.7. The number of amides is 1. The molecule has 0 fully saturated rings. The lowest BCUT2D eigenvalue weighted by atomic mass is 10.0. The zero-order valence-electron chi connectivity index (χ0n) is 16.8. The van der Waals surface area contributed by atoms with Crippen molar-refractivity contribution in [3.05, 3.63) is 82.9 Å². The number of hydrogen-bond acceptors (Lipinski definition) is 3. The summed E-state index contributed by atoms with van der Waals surface area (Å²) in [5.74, 6) is 0.931. The summed E-state index contributed by atoms with van der Waals surface area (Å²) in [6.07, 6.45) is 4.49. The van der Waals surface area contributed by atoms with Crippen molar-refractivity contribution in [1.82, 2.24) is 14.9 Å². The molecule has 1 aromatic heterocycles. The van der Waals surface area contributed by atoms with Gasteiger partial charge >= 0.3 is 0 Å². The van der Waals surface area contributed by atoms with Gasteiger partial charge in [-0.05, 0) is 49.6 Å². The molecule has 2 aromatic carbocycles. The lowest BCUT2D eigenvalue weighted by Gasteiger charge is -2.14. The molecule has 0 aliphatic heterocycles. The fraction of sp³-hybridized carbons (Fsp3) is 0.304. The number of benzene rings is 2. The molecule has 5 heteroatoms. The molecule has 0 spiro atoms. The molecule has 0 unspecified atom stereocenters. The fourth-order valence-electron chi connectivity index (χ4n) is 3.34. The minimum absolute atomic E-state index is 0.0403. The molecule has 3 rings (SSSR count). The SMILES string of the molecule is CCNc1cc(C)cc(C(=O)NCCc2nccn2Cc2ccccc2)c1C. The summed E-state index contributed by atoms with van der Waals surface area (Å²) in [6.45, 7) is 8.21. The van der Waals surface area contributed by atoms with E-state index < -0.39 is 0 Å². The van der Waals surface area contributed by atoms with Crippen LogP contribution in [0.1, 0.15) is 39.8 Å². The van der Waals surface area contributed by atoms with Crippen molar-refractivity contribution in [3.8, 4) is 0 Å². The third-order valence-electron chi connectivity index (χ3n) is 4.80. The number of hydrogen-bond donors (Lipinski definition) is 2. The zero-order valence-corrected chi connectivity index (χ0v) is 16.8. The molecular formula is C23H28N4O. The van der Waals surface area contributed by atoms with Crippen LogP contribution in [0.25, 0.3) is 0 Å². The zero-order chi connectivity index (χ0) is 19.9. The Morgan fingerprint density at radius 3 is 2.68 bits per heavy atom. The molecule has 0 saturated carbocycles. The molecule has 1 heterocycles. The third kappa shape index (κ3) is 4.80. The highest BCUT2D eigenvalue weighted by atomic mass is 16.1. The molecule has 146 valence electrons. The molecule has 28 heavy (non-hydrogen) atoms. The molecule has 0 bridgehead atoms. The number of carbonyl (C=O) groups excluding carboxylic acids is 1. The van der Waals surface area contributed by atoms with Crippen molar-refractivity contribution in [2.75, 3.05) is 18.4 Å². The number of aromatic nitrogens is 2. The number of aryl methyl sites for hydroxylation is 1. The molecule has 0 radical (unpaired) electrons. The van der Waals surface area contributed by atoms with E-state index in [0.717, 1.165) is 41.3 Å².